The molecule has 0 saturated carbocycles. The maximum atomic E-state index is 13.5. The Balaban J connectivity index is 1.94. The quantitative estimate of drug-likeness (QED) is 0.737. The van der Waals surface area contributed by atoms with Crippen LogP contribution in [0.3, 0.4) is 0 Å². The second-order valence-corrected chi connectivity index (χ2v) is 7.02. The van der Waals surface area contributed by atoms with Crippen molar-refractivity contribution in [1.82, 2.24) is 14.8 Å². The molecule has 0 spiro atoms. The summed E-state index contributed by atoms with van der Waals surface area (Å²) in [6.07, 6.45) is 3.49. The number of aliphatic hydroxyl groups excluding tert-OH is 1. The number of pyridine rings is 1. The number of likely N-dealkylation sites (tertiary alicyclic amines) is 1. The number of carbonyl (C=O) groups excluding carboxylic acids is 2. The Kier molecular flexibility index (Phi) is 6.82. The summed E-state index contributed by atoms with van der Waals surface area (Å²) in [4.78, 5) is 33.6. The zero-order valence-electron chi connectivity index (χ0n) is 16.8. The predicted molar refractivity (Wildman–Crippen MR) is 108 cm³/mol. The molecule has 7 nitrogen and oxygen atoms in total. The second kappa shape index (κ2) is 9.52. The van der Waals surface area contributed by atoms with Crippen molar-refractivity contribution in [1.29, 1.82) is 0 Å². The number of rotatable bonds is 8. The molecule has 2 heterocycles. The lowest BCUT2D eigenvalue weighted by molar-refractivity contribution is -0.137. The van der Waals surface area contributed by atoms with Gasteiger partial charge in [0.15, 0.2) is 0 Å². The van der Waals surface area contributed by atoms with Gasteiger partial charge in [-0.1, -0.05) is 18.2 Å². The number of aromatic nitrogens is 1. The maximum absolute atomic E-state index is 13.5. The molecule has 1 aromatic carbocycles. The molecule has 1 aromatic heterocycles. The molecule has 0 aliphatic carbocycles. The SMILES string of the molecule is CCN1C(=O)C[C@@H](C(=O)N(CCO)Cc2ccncc2)[C@@H]1c1ccccc1OC. The van der Waals surface area contributed by atoms with Crippen LogP contribution in [-0.2, 0) is 16.1 Å². The molecule has 2 atom stereocenters. The van der Waals surface area contributed by atoms with Crippen LogP contribution in [0.1, 0.15) is 30.5 Å². The third-order valence-corrected chi connectivity index (χ3v) is 5.35. The summed E-state index contributed by atoms with van der Waals surface area (Å²) in [5.74, 6) is -0.0656. The van der Waals surface area contributed by atoms with Crippen LogP contribution in [0, 0.1) is 5.92 Å². The largest absolute Gasteiger partial charge is 0.496 e. The number of amides is 2. The van der Waals surface area contributed by atoms with Gasteiger partial charge in [-0.25, -0.2) is 0 Å². The van der Waals surface area contributed by atoms with E-state index < -0.39 is 12.0 Å². The molecule has 2 aromatic rings. The molecule has 2 amide bonds. The Morgan fingerprint density at radius 2 is 2.00 bits per heavy atom. The van der Waals surface area contributed by atoms with Crippen molar-refractivity contribution in [2.45, 2.75) is 25.9 Å². The normalized spacial score (nSPS) is 18.7. The molecule has 1 saturated heterocycles. The van der Waals surface area contributed by atoms with Gasteiger partial charge in [-0.15, -0.1) is 0 Å². The Morgan fingerprint density at radius 1 is 1.28 bits per heavy atom. The fraction of sp³-hybridized carbons (Fsp3) is 0.409. The summed E-state index contributed by atoms with van der Waals surface area (Å²) in [5, 5.41) is 9.52. The van der Waals surface area contributed by atoms with E-state index in [1.165, 1.54) is 0 Å². The summed E-state index contributed by atoms with van der Waals surface area (Å²) in [7, 11) is 1.59. The monoisotopic (exact) mass is 397 g/mol. The number of aliphatic hydroxyl groups is 1. The molecule has 0 radical (unpaired) electrons. The van der Waals surface area contributed by atoms with Crippen LogP contribution in [0.25, 0.3) is 0 Å². The minimum absolute atomic E-state index is 0.0467. The molecule has 154 valence electrons. The van der Waals surface area contributed by atoms with Gasteiger partial charge in [0.2, 0.25) is 11.8 Å². The number of ether oxygens (including phenoxy) is 1. The van der Waals surface area contributed by atoms with Crippen LogP contribution in [-0.4, -0.2) is 58.5 Å². The van der Waals surface area contributed by atoms with E-state index in [2.05, 4.69) is 4.98 Å². The molecule has 7 heteroatoms. The molecule has 1 aliphatic rings. The number of para-hydroxylation sites is 1. The van der Waals surface area contributed by atoms with Gasteiger partial charge in [-0.2, -0.15) is 0 Å². The van der Waals surface area contributed by atoms with E-state index >= 15 is 0 Å². The third kappa shape index (κ3) is 4.40. The summed E-state index contributed by atoms with van der Waals surface area (Å²) < 4.78 is 5.51. The predicted octanol–water partition coefficient (Wildman–Crippen LogP) is 2.02. The molecule has 3 rings (SSSR count). The van der Waals surface area contributed by atoms with Gasteiger partial charge in [0.1, 0.15) is 5.75 Å². The first-order valence-corrected chi connectivity index (χ1v) is 9.81. The topological polar surface area (TPSA) is 83.0 Å². The van der Waals surface area contributed by atoms with Crippen LogP contribution >= 0.6 is 0 Å². The number of benzene rings is 1. The van der Waals surface area contributed by atoms with Gasteiger partial charge in [-0.05, 0) is 30.7 Å². The standard InChI is InChI=1S/C22H27N3O4/c1-3-25-20(27)14-18(21(25)17-6-4-5-7-19(17)29-2)22(28)24(12-13-26)15-16-8-10-23-11-9-16/h4-11,18,21,26H,3,12-15H2,1-2H3/t18-,21+/m1/s1. The van der Waals surface area contributed by atoms with E-state index in [1.807, 2.05) is 43.3 Å². The van der Waals surface area contributed by atoms with Gasteiger partial charge in [0.25, 0.3) is 0 Å². The Labute approximate surface area is 170 Å². The molecule has 29 heavy (non-hydrogen) atoms. The summed E-state index contributed by atoms with van der Waals surface area (Å²) in [6, 6.07) is 10.8. The van der Waals surface area contributed by atoms with E-state index in [1.54, 1.807) is 29.3 Å². The van der Waals surface area contributed by atoms with Crippen LogP contribution < -0.4 is 4.74 Å². The van der Waals surface area contributed by atoms with E-state index in [-0.39, 0.29) is 31.4 Å². The Bertz CT molecular complexity index is 843. The van der Waals surface area contributed by atoms with Crippen molar-refractivity contribution in [2.24, 2.45) is 5.92 Å². The van der Waals surface area contributed by atoms with Crippen LogP contribution in [0.5, 0.6) is 5.75 Å². The fourth-order valence-corrected chi connectivity index (χ4v) is 4.01. The highest BCUT2D eigenvalue weighted by molar-refractivity contribution is 5.90. The molecule has 1 aliphatic heterocycles. The lowest BCUT2D eigenvalue weighted by atomic mass is 9.91. The first-order chi connectivity index (χ1) is 14.1. The van der Waals surface area contributed by atoms with Gasteiger partial charge in [-0.3, -0.25) is 14.6 Å². The highest BCUT2D eigenvalue weighted by Gasteiger charge is 2.46. The van der Waals surface area contributed by atoms with Crippen LogP contribution in [0.15, 0.2) is 48.8 Å². The van der Waals surface area contributed by atoms with Crippen LogP contribution in [0.2, 0.25) is 0 Å². The van der Waals surface area contributed by atoms with Crippen molar-refractivity contribution in [3.05, 3.63) is 59.9 Å². The van der Waals surface area contributed by atoms with Crippen LogP contribution in [0.4, 0.5) is 0 Å². The Hall–Kier alpha value is -2.93. The fourth-order valence-electron chi connectivity index (χ4n) is 4.01. The average Bonchev–Trinajstić information content (AvgIpc) is 3.09. The van der Waals surface area contributed by atoms with E-state index in [0.29, 0.717) is 18.8 Å². The third-order valence-electron chi connectivity index (χ3n) is 5.35. The maximum Gasteiger partial charge on any atom is 0.229 e. The summed E-state index contributed by atoms with van der Waals surface area (Å²) in [5.41, 5.74) is 1.75. The molecular formula is C22H27N3O4. The molecule has 1 fully saturated rings. The minimum atomic E-state index is -0.535. The number of hydrogen-bond acceptors (Lipinski definition) is 5. The zero-order chi connectivity index (χ0) is 20.8. The minimum Gasteiger partial charge on any atom is -0.496 e. The van der Waals surface area contributed by atoms with Crippen molar-refractivity contribution < 1.29 is 19.4 Å². The zero-order valence-corrected chi connectivity index (χ0v) is 16.8. The van der Waals surface area contributed by atoms with Gasteiger partial charge >= 0.3 is 0 Å². The van der Waals surface area contributed by atoms with Crippen molar-refractivity contribution >= 4 is 11.8 Å². The lowest BCUT2D eigenvalue weighted by Crippen LogP contribution is -2.40. The van der Waals surface area contributed by atoms with E-state index in [0.717, 1.165) is 11.1 Å². The van der Waals surface area contributed by atoms with E-state index in [4.69, 9.17) is 4.74 Å². The first kappa shape index (κ1) is 20.8. The Morgan fingerprint density at radius 3 is 2.66 bits per heavy atom. The van der Waals surface area contributed by atoms with Crippen molar-refractivity contribution in [2.75, 3.05) is 26.8 Å². The highest BCUT2D eigenvalue weighted by Crippen LogP contribution is 2.42. The first-order valence-electron chi connectivity index (χ1n) is 9.81. The number of hydrogen-bond donors (Lipinski definition) is 1. The van der Waals surface area contributed by atoms with Crippen molar-refractivity contribution in [3.8, 4) is 5.75 Å². The lowest BCUT2D eigenvalue weighted by Gasteiger charge is -2.31. The van der Waals surface area contributed by atoms with Gasteiger partial charge < -0.3 is 19.6 Å². The highest BCUT2D eigenvalue weighted by atomic mass is 16.5. The van der Waals surface area contributed by atoms with Gasteiger partial charge in [0.05, 0.1) is 25.7 Å². The number of methoxy groups -OCH3 is 1. The average molecular weight is 397 g/mol. The molecule has 1 N–H and O–H groups in total. The summed E-state index contributed by atoms with van der Waals surface area (Å²) in [6.45, 7) is 2.84. The number of nitrogens with zero attached hydrogens (tertiary/aromatic N) is 3. The molecular weight excluding hydrogens is 370 g/mol. The van der Waals surface area contributed by atoms with E-state index in [9.17, 15) is 14.7 Å². The van der Waals surface area contributed by atoms with Gasteiger partial charge in [0, 0.05) is 44.0 Å². The van der Waals surface area contributed by atoms with Crippen molar-refractivity contribution in [3.63, 3.8) is 0 Å². The smallest absolute Gasteiger partial charge is 0.229 e. The number of carbonyl (C=O) groups is 2. The second-order valence-electron chi connectivity index (χ2n) is 7.02. The molecule has 0 bridgehead atoms. The molecule has 0 unspecified atom stereocenters. The summed E-state index contributed by atoms with van der Waals surface area (Å²) >= 11 is 0.